The number of fused-ring (bicyclic) bond motifs is 8. The number of rotatable bonds is 5. The van der Waals surface area contributed by atoms with Gasteiger partial charge in [0.1, 0.15) is 5.60 Å². The monoisotopic (exact) mass is 908 g/mol. The van der Waals surface area contributed by atoms with E-state index in [-0.39, 0.29) is 0 Å². The molecular weight excluding hydrogens is 861 g/mol. The Labute approximate surface area is 414 Å². The first-order valence-corrected chi connectivity index (χ1v) is 24.2. The van der Waals surface area contributed by atoms with E-state index in [4.69, 9.17) is 9.97 Å². The van der Waals surface area contributed by atoms with E-state index < -0.39 is 11.0 Å². The second kappa shape index (κ2) is 18.5. The van der Waals surface area contributed by atoms with Crippen molar-refractivity contribution in [2.75, 3.05) is 0 Å². The van der Waals surface area contributed by atoms with Crippen LogP contribution < -0.4 is 0 Å². The molecule has 3 nitrogen and oxygen atoms in total. The van der Waals surface area contributed by atoms with Crippen LogP contribution in [-0.4, -0.2) is 15.1 Å². The van der Waals surface area contributed by atoms with Gasteiger partial charge < -0.3 is 5.11 Å². The SMILES string of the molecule is OC1(c2ccccc2)c2ccccc2-c2nc3ccccc3c(-c3ccccc3)c21.c1ccc(-c2c3c(nc4ccccc24)-c2ccccc2C3(c2ccccc2)c2ccccc2)cc1.c1ccccc1. The summed E-state index contributed by atoms with van der Waals surface area (Å²) in [5.41, 5.74) is 16.6. The van der Waals surface area contributed by atoms with E-state index in [0.717, 1.165) is 61.2 Å². The van der Waals surface area contributed by atoms with E-state index in [1.165, 1.54) is 44.3 Å². The van der Waals surface area contributed by atoms with Crippen molar-refractivity contribution in [2.24, 2.45) is 0 Å². The third-order valence-electron chi connectivity index (χ3n) is 14.1. The van der Waals surface area contributed by atoms with Gasteiger partial charge in [0.25, 0.3) is 0 Å². The van der Waals surface area contributed by atoms with E-state index in [1.54, 1.807) is 0 Å². The molecular formula is C68H48N2O. The van der Waals surface area contributed by atoms with E-state index >= 15 is 0 Å². The van der Waals surface area contributed by atoms with Gasteiger partial charge in [-0.2, -0.15) is 0 Å². The van der Waals surface area contributed by atoms with E-state index in [0.29, 0.717) is 0 Å². The quantitative estimate of drug-likeness (QED) is 0.187. The summed E-state index contributed by atoms with van der Waals surface area (Å²) in [5, 5.41) is 14.7. The van der Waals surface area contributed by atoms with Gasteiger partial charge >= 0.3 is 0 Å². The zero-order valence-corrected chi connectivity index (χ0v) is 39.0. The molecule has 0 spiro atoms. The van der Waals surface area contributed by atoms with E-state index in [1.807, 2.05) is 121 Å². The fourth-order valence-electron chi connectivity index (χ4n) is 11.1. The van der Waals surface area contributed by atoms with Crippen LogP contribution >= 0.6 is 0 Å². The number of nitrogens with zero attached hydrogens (tertiary/aromatic N) is 2. The van der Waals surface area contributed by atoms with Gasteiger partial charge in [-0.3, -0.25) is 0 Å². The Morgan fingerprint density at radius 1 is 0.282 bits per heavy atom. The Kier molecular flexibility index (Phi) is 11.3. The average molecular weight is 909 g/mol. The Hall–Kier alpha value is -9.02. The third-order valence-corrected chi connectivity index (χ3v) is 14.1. The van der Waals surface area contributed by atoms with Gasteiger partial charge in [0, 0.05) is 44.2 Å². The van der Waals surface area contributed by atoms with Gasteiger partial charge in [-0.05, 0) is 51.1 Å². The predicted molar refractivity (Wildman–Crippen MR) is 292 cm³/mol. The molecule has 14 rings (SSSR count). The smallest absolute Gasteiger partial charge is 0.143 e. The highest BCUT2D eigenvalue weighted by Crippen LogP contribution is 2.59. The summed E-state index contributed by atoms with van der Waals surface area (Å²) >= 11 is 0. The highest BCUT2D eigenvalue weighted by atomic mass is 16.3. The zero-order chi connectivity index (χ0) is 47.6. The van der Waals surface area contributed by atoms with Crippen molar-refractivity contribution in [3.8, 4) is 44.8 Å². The maximum atomic E-state index is 12.4. The van der Waals surface area contributed by atoms with Crippen LogP contribution in [-0.2, 0) is 11.0 Å². The van der Waals surface area contributed by atoms with E-state index in [2.05, 4.69) is 164 Å². The van der Waals surface area contributed by atoms with Gasteiger partial charge in [-0.25, -0.2) is 9.97 Å². The Bertz CT molecular complexity index is 3740. The van der Waals surface area contributed by atoms with E-state index in [9.17, 15) is 5.11 Å². The van der Waals surface area contributed by atoms with Crippen LogP contribution in [0.4, 0.5) is 0 Å². The number of hydrogen-bond donors (Lipinski definition) is 1. The molecule has 2 heterocycles. The normalized spacial score (nSPS) is 14.4. The first-order valence-electron chi connectivity index (χ1n) is 24.2. The topological polar surface area (TPSA) is 46.0 Å². The molecule has 1 atom stereocenters. The largest absolute Gasteiger partial charge is 0.376 e. The van der Waals surface area contributed by atoms with Crippen molar-refractivity contribution in [1.82, 2.24) is 9.97 Å². The summed E-state index contributed by atoms with van der Waals surface area (Å²) < 4.78 is 0. The Balaban J connectivity index is 0.000000132. The molecule has 0 radical (unpaired) electrons. The van der Waals surface area contributed by atoms with Crippen LogP contribution in [0, 0.1) is 0 Å². The van der Waals surface area contributed by atoms with Crippen LogP contribution in [0.5, 0.6) is 0 Å². The van der Waals surface area contributed by atoms with Crippen molar-refractivity contribution in [1.29, 1.82) is 0 Å². The molecule has 2 aromatic heterocycles. The molecule has 71 heavy (non-hydrogen) atoms. The van der Waals surface area contributed by atoms with Gasteiger partial charge in [-0.15, -0.1) is 0 Å². The summed E-state index contributed by atoms with van der Waals surface area (Å²) in [6.07, 6.45) is 0. The maximum absolute atomic E-state index is 12.4. The molecule has 1 N–H and O–H groups in total. The van der Waals surface area contributed by atoms with Crippen LogP contribution in [0.15, 0.2) is 285 Å². The highest BCUT2D eigenvalue weighted by Gasteiger charge is 2.49. The minimum absolute atomic E-state index is 0.476. The molecule has 0 bridgehead atoms. The van der Waals surface area contributed by atoms with Crippen molar-refractivity contribution in [3.63, 3.8) is 0 Å². The molecule has 2 aliphatic rings. The lowest BCUT2D eigenvalue weighted by molar-refractivity contribution is 0.131. The molecule has 336 valence electrons. The van der Waals surface area contributed by atoms with Crippen LogP contribution in [0.25, 0.3) is 66.6 Å². The molecule has 3 heteroatoms. The molecule has 0 saturated heterocycles. The molecule has 0 aliphatic heterocycles. The second-order valence-electron chi connectivity index (χ2n) is 18.0. The van der Waals surface area contributed by atoms with Crippen molar-refractivity contribution >= 4 is 21.8 Å². The summed E-state index contributed by atoms with van der Waals surface area (Å²) in [5.74, 6) is 0. The third kappa shape index (κ3) is 7.26. The standard InChI is InChI=1S/C34H23N.C28H19NO.C6H6/c1-4-14-24(15-5-1)31-28-21-11-13-23-30(28)35-33-27-20-10-12-22-29(27)34(32(31)33,25-16-6-2-7-17-25)26-18-8-3-9-19-26;30-28(20-13-5-2-6-14-20)23-17-9-7-15-21(23)27-26(28)25(19-11-3-1-4-12-19)22-16-8-10-18-24(22)29-27;1-2-4-6-5-3-1/h1-23H;1-18,30H;1-6H. The number of hydrogen-bond acceptors (Lipinski definition) is 3. The lowest BCUT2D eigenvalue weighted by Crippen LogP contribution is -2.29. The first kappa shape index (κ1) is 43.3. The van der Waals surface area contributed by atoms with Gasteiger partial charge in [0.2, 0.25) is 0 Å². The summed E-state index contributed by atoms with van der Waals surface area (Å²) in [4.78, 5) is 10.4. The molecule has 0 amide bonds. The number of aromatic nitrogens is 2. The van der Waals surface area contributed by atoms with Crippen LogP contribution in [0.1, 0.15) is 38.9 Å². The fraction of sp³-hybridized carbons (Fsp3) is 0.0294. The molecule has 2 aliphatic carbocycles. The van der Waals surface area contributed by atoms with Crippen LogP contribution in [0.3, 0.4) is 0 Å². The van der Waals surface area contributed by atoms with Gasteiger partial charge in [0.05, 0.1) is 27.8 Å². The minimum Gasteiger partial charge on any atom is -0.376 e. The van der Waals surface area contributed by atoms with Crippen molar-refractivity contribution < 1.29 is 5.11 Å². The average Bonchev–Trinajstić information content (AvgIpc) is 3.90. The molecule has 0 saturated carbocycles. The first-order chi connectivity index (χ1) is 35.2. The zero-order valence-electron chi connectivity index (χ0n) is 39.0. The lowest BCUT2D eigenvalue weighted by Gasteiger charge is -2.35. The molecule has 0 fully saturated rings. The molecule has 12 aromatic rings. The minimum atomic E-state index is -1.27. The Morgan fingerprint density at radius 2 is 0.606 bits per heavy atom. The lowest BCUT2D eigenvalue weighted by atomic mass is 9.66. The van der Waals surface area contributed by atoms with Crippen molar-refractivity contribution in [3.05, 3.63) is 324 Å². The summed E-state index contributed by atoms with van der Waals surface area (Å²) in [7, 11) is 0. The Morgan fingerprint density at radius 3 is 1.08 bits per heavy atom. The number of aliphatic hydroxyl groups is 1. The predicted octanol–water partition coefficient (Wildman–Crippen LogP) is 16.1. The van der Waals surface area contributed by atoms with Gasteiger partial charge in [0.15, 0.2) is 0 Å². The number of benzene rings is 10. The number of pyridine rings is 2. The fourth-order valence-corrected chi connectivity index (χ4v) is 11.1. The summed E-state index contributed by atoms with van der Waals surface area (Å²) in [6.45, 7) is 0. The highest BCUT2D eigenvalue weighted by molar-refractivity contribution is 6.05. The van der Waals surface area contributed by atoms with Crippen molar-refractivity contribution in [2.45, 2.75) is 11.0 Å². The molecule has 1 unspecified atom stereocenters. The maximum Gasteiger partial charge on any atom is 0.143 e. The second-order valence-corrected chi connectivity index (χ2v) is 18.0. The molecule has 10 aromatic carbocycles. The van der Waals surface area contributed by atoms with Crippen LogP contribution in [0.2, 0.25) is 0 Å². The summed E-state index contributed by atoms with van der Waals surface area (Å²) in [6, 6.07) is 98.5. The number of para-hydroxylation sites is 2. The van der Waals surface area contributed by atoms with Gasteiger partial charge in [-0.1, -0.05) is 273 Å².